The molecule has 0 aliphatic heterocycles. The number of hydrogen-bond acceptors (Lipinski definition) is 3. The van der Waals surface area contributed by atoms with Gasteiger partial charge in [-0.2, -0.15) is 0 Å². The Balaban J connectivity index is 2.53. The van der Waals surface area contributed by atoms with Gasteiger partial charge in [-0.1, -0.05) is 26.0 Å². The van der Waals surface area contributed by atoms with Gasteiger partial charge in [0.05, 0.1) is 0 Å². The van der Waals surface area contributed by atoms with E-state index in [1.54, 1.807) is 0 Å². The lowest BCUT2D eigenvalue weighted by Crippen LogP contribution is -2.24. The molecule has 0 aliphatic rings. The van der Waals surface area contributed by atoms with Crippen LogP contribution in [0.2, 0.25) is 0 Å². The Labute approximate surface area is 107 Å². The summed E-state index contributed by atoms with van der Waals surface area (Å²) < 4.78 is 0. The third-order valence-corrected chi connectivity index (χ3v) is 2.93. The topological polar surface area (TPSA) is 69.2 Å². The van der Waals surface area contributed by atoms with Gasteiger partial charge < -0.3 is 15.2 Å². The number of carbonyl (C=O) groups excluding carboxylic acids is 2. The molecule has 0 unspecified atom stereocenters. The molecule has 0 saturated heterocycles. The zero-order chi connectivity index (χ0) is 13.5. The molecule has 1 N–H and O–H groups in total. The zero-order valence-electron chi connectivity index (χ0n) is 10.7. The van der Waals surface area contributed by atoms with Crippen molar-refractivity contribution in [3.05, 3.63) is 29.8 Å². The molecule has 0 aliphatic carbocycles. The van der Waals surface area contributed by atoms with Gasteiger partial charge in [0, 0.05) is 18.1 Å². The lowest BCUT2D eigenvalue weighted by Gasteiger charge is -2.10. The molecular formula is C14H18NO3-. The number of nitrogens with one attached hydrogen (secondary N) is 1. The Morgan fingerprint density at radius 2 is 1.83 bits per heavy atom. The maximum atomic E-state index is 11.4. The average Bonchev–Trinajstić information content (AvgIpc) is 2.36. The number of carboxylic acid groups (broad SMARTS) is 1. The molecule has 0 bridgehead atoms. The van der Waals surface area contributed by atoms with E-state index in [1.165, 1.54) is 5.56 Å². The number of anilines is 1. The molecule has 4 heteroatoms. The first-order valence-corrected chi connectivity index (χ1v) is 6.12. The second kappa shape index (κ2) is 6.79. The van der Waals surface area contributed by atoms with E-state index in [0.717, 1.165) is 6.42 Å². The number of aliphatic carboxylic acids is 1. The Morgan fingerprint density at radius 1 is 1.22 bits per heavy atom. The van der Waals surface area contributed by atoms with Crippen molar-refractivity contribution in [3.63, 3.8) is 0 Å². The van der Waals surface area contributed by atoms with Gasteiger partial charge in [-0.15, -0.1) is 0 Å². The van der Waals surface area contributed by atoms with E-state index in [9.17, 15) is 14.7 Å². The van der Waals surface area contributed by atoms with Gasteiger partial charge in [0.1, 0.15) is 0 Å². The number of carboxylic acids is 1. The average molecular weight is 248 g/mol. The number of rotatable bonds is 6. The number of carbonyl (C=O) groups is 2. The van der Waals surface area contributed by atoms with Gasteiger partial charge >= 0.3 is 0 Å². The smallest absolute Gasteiger partial charge is 0.224 e. The van der Waals surface area contributed by atoms with Gasteiger partial charge in [-0.05, 0) is 36.5 Å². The molecule has 1 rings (SSSR count). The Bertz CT molecular complexity index is 412. The quantitative estimate of drug-likeness (QED) is 0.832. The zero-order valence-corrected chi connectivity index (χ0v) is 10.7. The summed E-state index contributed by atoms with van der Waals surface area (Å²) in [7, 11) is 0. The molecule has 0 heterocycles. The van der Waals surface area contributed by atoms with Gasteiger partial charge in [0.15, 0.2) is 0 Å². The number of benzene rings is 1. The van der Waals surface area contributed by atoms with Crippen LogP contribution in [0, 0.1) is 0 Å². The first kappa shape index (κ1) is 14.2. The molecule has 0 spiro atoms. The minimum absolute atomic E-state index is 0.0601. The van der Waals surface area contributed by atoms with Gasteiger partial charge in [-0.25, -0.2) is 0 Å². The monoisotopic (exact) mass is 248 g/mol. The first-order chi connectivity index (χ1) is 8.52. The van der Waals surface area contributed by atoms with E-state index < -0.39 is 5.97 Å². The van der Waals surface area contributed by atoms with Crippen LogP contribution >= 0.6 is 0 Å². The summed E-state index contributed by atoms with van der Waals surface area (Å²) in [6, 6.07) is 7.61. The lowest BCUT2D eigenvalue weighted by atomic mass is 9.99. The van der Waals surface area contributed by atoms with Crippen molar-refractivity contribution >= 4 is 17.6 Å². The summed E-state index contributed by atoms with van der Waals surface area (Å²) in [5.41, 5.74) is 1.91. The fourth-order valence-electron chi connectivity index (χ4n) is 1.57. The summed E-state index contributed by atoms with van der Waals surface area (Å²) >= 11 is 0. The fourth-order valence-corrected chi connectivity index (χ4v) is 1.57. The van der Waals surface area contributed by atoms with Crippen LogP contribution in [0.1, 0.15) is 44.6 Å². The maximum absolute atomic E-state index is 11.4. The first-order valence-electron chi connectivity index (χ1n) is 6.12. The van der Waals surface area contributed by atoms with Crippen molar-refractivity contribution in [3.8, 4) is 0 Å². The van der Waals surface area contributed by atoms with Crippen LogP contribution in [-0.2, 0) is 9.59 Å². The third kappa shape index (κ3) is 4.57. The van der Waals surface area contributed by atoms with Crippen LogP contribution < -0.4 is 10.4 Å². The van der Waals surface area contributed by atoms with Gasteiger partial charge in [0.25, 0.3) is 0 Å². The molecule has 0 radical (unpaired) electrons. The second-order valence-corrected chi connectivity index (χ2v) is 4.35. The highest BCUT2D eigenvalue weighted by atomic mass is 16.4. The molecule has 1 amide bonds. The normalized spacial score (nSPS) is 11.9. The van der Waals surface area contributed by atoms with Crippen LogP contribution in [-0.4, -0.2) is 11.9 Å². The van der Waals surface area contributed by atoms with E-state index in [4.69, 9.17) is 0 Å². The van der Waals surface area contributed by atoms with Crippen molar-refractivity contribution in [1.82, 2.24) is 0 Å². The summed E-state index contributed by atoms with van der Waals surface area (Å²) in [6.07, 6.45) is 0.754. The highest BCUT2D eigenvalue weighted by molar-refractivity contribution is 5.92. The predicted molar refractivity (Wildman–Crippen MR) is 68.0 cm³/mol. The molecule has 0 saturated carbocycles. The summed E-state index contributed by atoms with van der Waals surface area (Å²) in [4.78, 5) is 21.6. The minimum atomic E-state index is -1.21. The van der Waals surface area contributed by atoms with Crippen LogP contribution in [0.3, 0.4) is 0 Å². The van der Waals surface area contributed by atoms with Crippen LogP contribution in [0.15, 0.2) is 24.3 Å². The molecule has 4 nitrogen and oxygen atoms in total. The highest BCUT2D eigenvalue weighted by Crippen LogP contribution is 2.20. The summed E-state index contributed by atoms with van der Waals surface area (Å²) in [6.45, 7) is 4.27. The van der Waals surface area contributed by atoms with E-state index >= 15 is 0 Å². The highest BCUT2D eigenvalue weighted by Gasteiger charge is 2.05. The molecule has 18 heavy (non-hydrogen) atoms. The maximum Gasteiger partial charge on any atom is 0.224 e. The second-order valence-electron chi connectivity index (χ2n) is 4.35. The van der Waals surface area contributed by atoms with Crippen LogP contribution in [0.25, 0.3) is 0 Å². The molecule has 1 aromatic carbocycles. The summed E-state index contributed by atoms with van der Waals surface area (Å²) in [5, 5.41) is 12.9. The Kier molecular flexibility index (Phi) is 5.36. The van der Waals surface area contributed by atoms with Gasteiger partial charge in [-0.3, -0.25) is 4.79 Å². The standard InChI is InChI=1S/C14H19NO3/c1-3-10(2)11-4-6-12(7-5-11)15-13(16)8-9-14(17)18/h4-7,10H,3,8-9H2,1-2H3,(H,15,16)(H,17,18)/p-1/t10-/m0/s1. The lowest BCUT2D eigenvalue weighted by molar-refractivity contribution is -0.305. The van der Waals surface area contributed by atoms with Crippen LogP contribution in [0.5, 0.6) is 0 Å². The van der Waals surface area contributed by atoms with Gasteiger partial charge in [0.2, 0.25) is 5.91 Å². The predicted octanol–water partition coefficient (Wildman–Crippen LogP) is 1.67. The summed E-state index contributed by atoms with van der Waals surface area (Å²) in [5.74, 6) is -1.03. The SMILES string of the molecule is CC[C@H](C)c1ccc(NC(=O)CCC(=O)[O-])cc1. The van der Waals surface area contributed by atoms with Crippen molar-refractivity contribution in [2.75, 3.05) is 5.32 Å². The Morgan fingerprint density at radius 3 is 2.33 bits per heavy atom. The van der Waals surface area contributed by atoms with E-state index in [2.05, 4.69) is 19.2 Å². The molecule has 1 atom stereocenters. The van der Waals surface area contributed by atoms with E-state index in [-0.39, 0.29) is 18.7 Å². The van der Waals surface area contributed by atoms with Crippen molar-refractivity contribution in [2.24, 2.45) is 0 Å². The van der Waals surface area contributed by atoms with Crippen molar-refractivity contribution in [2.45, 2.75) is 39.0 Å². The van der Waals surface area contributed by atoms with Crippen molar-refractivity contribution < 1.29 is 14.7 Å². The third-order valence-electron chi connectivity index (χ3n) is 2.93. The fraction of sp³-hybridized carbons (Fsp3) is 0.429. The van der Waals surface area contributed by atoms with Crippen molar-refractivity contribution in [1.29, 1.82) is 0 Å². The minimum Gasteiger partial charge on any atom is -0.550 e. The molecule has 1 aromatic rings. The molecular weight excluding hydrogens is 230 g/mol. The number of hydrogen-bond donors (Lipinski definition) is 1. The molecule has 0 fully saturated rings. The Hall–Kier alpha value is -1.84. The van der Waals surface area contributed by atoms with Crippen LogP contribution in [0.4, 0.5) is 5.69 Å². The molecule has 98 valence electrons. The van der Waals surface area contributed by atoms with E-state index in [0.29, 0.717) is 11.6 Å². The largest absolute Gasteiger partial charge is 0.550 e. The molecule has 0 aromatic heterocycles. The number of amides is 1. The van der Waals surface area contributed by atoms with E-state index in [1.807, 2.05) is 24.3 Å².